The van der Waals surface area contributed by atoms with Crippen LogP contribution in [-0.2, 0) is 6.42 Å². The van der Waals surface area contributed by atoms with Crippen molar-refractivity contribution in [3.05, 3.63) is 70.2 Å². The van der Waals surface area contributed by atoms with E-state index >= 15 is 0 Å². The van der Waals surface area contributed by atoms with Crippen LogP contribution >= 0.6 is 11.6 Å². The number of benzene rings is 2. The highest BCUT2D eigenvalue weighted by molar-refractivity contribution is 6.30. The molecule has 0 aromatic heterocycles. The van der Waals surface area contributed by atoms with Crippen LogP contribution in [0.25, 0.3) is 0 Å². The lowest BCUT2D eigenvalue weighted by Gasteiger charge is -2.35. The summed E-state index contributed by atoms with van der Waals surface area (Å²) in [5.41, 5.74) is 3.29. The quantitative estimate of drug-likeness (QED) is 0.772. The molecule has 0 radical (unpaired) electrons. The molecule has 102 valence electrons. The van der Waals surface area contributed by atoms with Crippen molar-refractivity contribution in [2.75, 3.05) is 6.54 Å². The predicted molar refractivity (Wildman–Crippen MR) is 81.0 cm³/mol. The van der Waals surface area contributed by atoms with Gasteiger partial charge in [-0.1, -0.05) is 35.9 Å². The molecule has 3 rings (SSSR count). The Balaban J connectivity index is 1.89. The minimum absolute atomic E-state index is 0.0728. The van der Waals surface area contributed by atoms with E-state index in [0.29, 0.717) is 10.6 Å². The molecule has 0 saturated carbocycles. The minimum atomic E-state index is 0.0728. The molecule has 0 bridgehead atoms. The van der Waals surface area contributed by atoms with E-state index < -0.39 is 0 Å². The molecule has 2 nitrogen and oxygen atoms in total. The highest BCUT2D eigenvalue weighted by atomic mass is 35.5. The Hall–Kier alpha value is -1.80. The van der Waals surface area contributed by atoms with E-state index in [1.165, 1.54) is 11.1 Å². The van der Waals surface area contributed by atoms with E-state index in [4.69, 9.17) is 11.6 Å². The molecule has 0 aliphatic carbocycles. The molecule has 3 heteroatoms. The third kappa shape index (κ3) is 2.32. The van der Waals surface area contributed by atoms with Gasteiger partial charge >= 0.3 is 0 Å². The number of carbonyl (C=O) groups excluding carboxylic acids is 1. The van der Waals surface area contributed by atoms with Crippen molar-refractivity contribution in [3.8, 4) is 0 Å². The molecule has 1 amide bonds. The van der Waals surface area contributed by atoms with Crippen LogP contribution < -0.4 is 0 Å². The average molecular weight is 286 g/mol. The van der Waals surface area contributed by atoms with Gasteiger partial charge in [-0.25, -0.2) is 0 Å². The molecule has 1 unspecified atom stereocenters. The first kappa shape index (κ1) is 13.2. The summed E-state index contributed by atoms with van der Waals surface area (Å²) in [5.74, 6) is 0.0728. The minimum Gasteiger partial charge on any atom is -0.332 e. The lowest BCUT2D eigenvalue weighted by Crippen LogP contribution is -2.38. The summed E-state index contributed by atoms with van der Waals surface area (Å²) in [6.45, 7) is 2.85. The second kappa shape index (κ2) is 5.29. The van der Waals surface area contributed by atoms with E-state index in [0.717, 1.165) is 13.0 Å². The van der Waals surface area contributed by atoms with Crippen LogP contribution in [0.5, 0.6) is 0 Å². The van der Waals surface area contributed by atoms with Crippen LogP contribution in [0.4, 0.5) is 0 Å². The number of carbonyl (C=O) groups is 1. The fourth-order valence-corrected chi connectivity index (χ4v) is 2.93. The smallest absolute Gasteiger partial charge is 0.254 e. The number of hydrogen-bond donors (Lipinski definition) is 0. The van der Waals surface area contributed by atoms with Gasteiger partial charge in [0.15, 0.2) is 0 Å². The second-order valence-corrected chi connectivity index (χ2v) is 5.57. The number of hydrogen-bond acceptors (Lipinski definition) is 1. The third-order valence-electron chi connectivity index (χ3n) is 3.95. The van der Waals surface area contributed by atoms with Crippen molar-refractivity contribution in [3.63, 3.8) is 0 Å². The van der Waals surface area contributed by atoms with Crippen molar-refractivity contribution < 1.29 is 4.79 Å². The molecule has 0 spiro atoms. The highest BCUT2D eigenvalue weighted by Crippen LogP contribution is 2.30. The maximum absolute atomic E-state index is 12.6. The average Bonchev–Trinajstić information content (AvgIpc) is 2.48. The van der Waals surface area contributed by atoms with Gasteiger partial charge in [0.2, 0.25) is 0 Å². The van der Waals surface area contributed by atoms with E-state index in [-0.39, 0.29) is 11.9 Å². The summed E-state index contributed by atoms with van der Waals surface area (Å²) in [5, 5.41) is 0.651. The van der Waals surface area contributed by atoms with Crippen LogP contribution in [0.2, 0.25) is 5.02 Å². The maximum Gasteiger partial charge on any atom is 0.254 e. The molecule has 0 fully saturated rings. The Morgan fingerprint density at radius 2 is 1.85 bits per heavy atom. The van der Waals surface area contributed by atoms with Crippen LogP contribution in [0.3, 0.4) is 0 Å². The summed E-state index contributed by atoms with van der Waals surface area (Å²) in [6.07, 6.45) is 0.917. The molecule has 2 aromatic carbocycles. The molecular weight excluding hydrogens is 270 g/mol. The topological polar surface area (TPSA) is 20.3 Å². The van der Waals surface area contributed by atoms with E-state index in [1.54, 1.807) is 24.3 Å². The van der Waals surface area contributed by atoms with Gasteiger partial charge in [0, 0.05) is 17.1 Å². The fourth-order valence-electron chi connectivity index (χ4n) is 2.81. The van der Waals surface area contributed by atoms with E-state index in [9.17, 15) is 4.79 Å². The normalized spacial score (nSPS) is 17.7. The molecule has 1 aliphatic heterocycles. The van der Waals surface area contributed by atoms with Gasteiger partial charge in [-0.3, -0.25) is 4.79 Å². The zero-order valence-electron chi connectivity index (χ0n) is 11.3. The lowest BCUT2D eigenvalue weighted by molar-refractivity contribution is 0.0677. The van der Waals surface area contributed by atoms with E-state index in [1.807, 2.05) is 11.0 Å². The molecule has 20 heavy (non-hydrogen) atoms. The standard InChI is InChI=1S/C17H16ClNO/c1-12-16-5-3-2-4-13(16)10-11-19(12)17(20)14-6-8-15(18)9-7-14/h2-9,12H,10-11H2,1H3. The molecule has 1 heterocycles. The van der Waals surface area contributed by atoms with Crippen molar-refractivity contribution in [2.24, 2.45) is 0 Å². The summed E-state index contributed by atoms with van der Waals surface area (Å²) >= 11 is 5.87. The summed E-state index contributed by atoms with van der Waals surface area (Å²) in [6, 6.07) is 15.6. The molecule has 2 aromatic rings. The number of halogens is 1. The Labute approximate surface area is 124 Å². The Morgan fingerprint density at radius 1 is 1.15 bits per heavy atom. The molecule has 0 saturated heterocycles. The number of fused-ring (bicyclic) bond motifs is 1. The van der Waals surface area contributed by atoms with Crippen molar-refractivity contribution in [2.45, 2.75) is 19.4 Å². The molecule has 1 atom stereocenters. The van der Waals surface area contributed by atoms with Crippen LogP contribution in [-0.4, -0.2) is 17.4 Å². The second-order valence-electron chi connectivity index (χ2n) is 5.13. The van der Waals surface area contributed by atoms with Crippen molar-refractivity contribution in [1.29, 1.82) is 0 Å². The maximum atomic E-state index is 12.6. The molecular formula is C17H16ClNO. The monoisotopic (exact) mass is 285 g/mol. The van der Waals surface area contributed by atoms with E-state index in [2.05, 4.69) is 25.1 Å². The van der Waals surface area contributed by atoms with Crippen LogP contribution in [0.15, 0.2) is 48.5 Å². The van der Waals surface area contributed by atoms with Crippen molar-refractivity contribution in [1.82, 2.24) is 4.90 Å². The Bertz CT molecular complexity index is 636. The zero-order chi connectivity index (χ0) is 14.1. The van der Waals surface area contributed by atoms with Gasteiger partial charge in [-0.15, -0.1) is 0 Å². The van der Waals surface area contributed by atoms with Gasteiger partial charge in [-0.2, -0.15) is 0 Å². The summed E-state index contributed by atoms with van der Waals surface area (Å²) in [4.78, 5) is 14.6. The first-order valence-corrected chi connectivity index (χ1v) is 7.19. The SMILES string of the molecule is CC1c2ccccc2CCN1C(=O)c1ccc(Cl)cc1. The van der Waals surface area contributed by atoms with Gasteiger partial charge in [-0.05, 0) is 48.7 Å². The summed E-state index contributed by atoms with van der Waals surface area (Å²) in [7, 11) is 0. The Morgan fingerprint density at radius 3 is 2.60 bits per heavy atom. The Kier molecular flexibility index (Phi) is 3.49. The predicted octanol–water partition coefficient (Wildman–Crippen LogP) is 4.10. The van der Waals surface area contributed by atoms with Crippen LogP contribution in [0, 0.1) is 0 Å². The number of nitrogens with zero attached hydrogens (tertiary/aromatic N) is 1. The van der Waals surface area contributed by atoms with Gasteiger partial charge in [0.1, 0.15) is 0 Å². The highest BCUT2D eigenvalue weighted by Gasteiger charge is 2.27. The lowest BCUT2D eigenvalue weighted by atomic mass is 9.93. The first-order chi connectivity index (χ1) is 9.66. The number of amides is 1. The summed E-state index contributed by atoms with van der Waals surface area (Å²) < 4.78 is 0. The third-order valence-corrected chi connectivity index (χ3v) is 4.20. The first-order valence-electron chi connectivity index (χ1n) is 6.81. The number of rotatable bonds is 1. The largest absolute Gasteiger partial charge is 0.332 e. The fraction of sp³-hybridized carbons (Fsp3) is 0.235. The van der Waals surface area contributed by atoms with Gasteiger partial charge < -0.3 is 4.90 Å². The molecule has 0 N–H and O–H groups in total. The van der Waals surface area contributed by atoms with Gasteiger partial charge in [0.25, 0.3) is 5.91 Å². The van der Waals surface area contributed by atoms with Crippen molar-refractivity contribution >= 4 is 17.5 Å². The molecule has 1 aliphatic rings. The van der Waals surface area contributed by atoms with Gasteiger partial charge in [0.05, 0.1) is 6.04 Å². The zero-order valence-corrected chi connectivity index (χ0v) is 12.1. The van der Waals surface area contributed by atoms with Crippen LogP contribution in [0.1, 0.15) is 34.5 Å².